The number of nitrogens with one attached hydrogen (secondary N) is 1. The number of hydrogen-bond donors (Lipinski definition) is 1. The lowest BCUT2D eigenvalue weighted by atomic mass is 10.1. The molecule has 1 unspecified atom stereocenters. The number of nitrogens with zero attached hydrogens (tertiary/aromatic N) is 2. The van der Waals surface area contributed by atoms with Crippen molar-refractivity contribution in [2.24, 2.45) is 0 Å². The van der Waals surface area contributed by atoms with Crippen molar-refractivity contribution in [3.05, 3.63) is 83.1 Å². The van der Waals surface area contributed by atoms with Gasteiger partial charge in [0.15, 0.2) is 19.0 Å². The fraction of sp³-hybridized carbons (Fsp3) is 0.200. The Morgan fingerprint density at radius 2 is 1.97 bits per heavy atom. The highest BCUT2D eigenvalue weighted by Gasteiger charge is 2.33. The number of halogens is 1. The van der Waals surface area contributed by atoms with Crippen molar-refractivity contribution in [1.82, 2.24) is 10.3 Å². The van der Waals surface area contributed by atoms with Crippen LogP contribution in [0.3, 0.4) is 0 Å². The highest BCUT2D eigenvalue weighted by molar-refractivity contribution is 6.30. The summed E-state index contributed by atoms with van der Waals surface area (Å²) in [4.78, 5) is 43.6. The number of hydrogen-bond acceptors (Lipinski definition) is 6. The zero-order valence-electron chi connectivity index (χ0n) is 18.4. The van der Waals surface area contributed by atoms with Crippen LogP contribution >= 0.6 is 11.6 Å². The van der Waals surface area contributed by atoms with E-state index in [4.69, 9.17) is 21.1 Å². The SMILES string of the molecule is CC(C(=O)NCc1ccncc1)N1C(=O)COc2ccc(C(=O)COc3cccc(Cl)c3)cc21. The molecule has 0 spiro atoms. The molecule has 1 aliphatic rings. The van der Waals surface area contributed by atoms with Crippen molar-refractivity contribution in [3.8, 4) is 11.5 Å². The van der Waals surface area contributed by atoms with Crippen LogP contribution in [0.25, 0.3) is 0 Å². The molecule has 4 rings (SSSR count). The first-order chi connectivity index (χ1) is 16.4. The maximum absolute atomic E-state index is 12.8. The maximum Gasteiger partial charge on any atom is 0.265 e. The Morgan fingerprint density at radius 3 is 2.74 bits per heavy atom. The molecule has 0 saturated heterocycles. The van der Waals surface area contributed by atoms with Crippen molar-refractivity contribution in [3.63, 3.8) is 0 Å². The van der Waals surface area contributed by atoms with E-state index in [0.29, 0.717) is 34.3 Å². The summed E-state index contributed by atoms with van der Waals surface area (Å²) in [7, 11) is 0. The van der Waals surface area contributed by atoms with Crippen molar-refractivity contribution in [2.75, 3.05) is 18.1 Å². The summed E-state index contributed by atoms with van der Waals surface area (Å²) in [5.74, 6) is -0.118. The number of anilines is 1. The van der Waals surface area contributed by atoms with E-state index in [1.165, 1.54) is 4.90 Å². The van der Waals surface area contributed by atoms with Gasteiger partial charge in [-0.1, -0.05) is 17.7 Å². The molecular weight excluding hydrogens is 458 g/mol. The second kappa shape index (κ2) is 10.4. The minimum Gasteiger partial charge on any atom is -0.485 e. The minimum atomic E-state index is -0.815. The van der Waals surface area contributed by atoms with Gasteiger partial charge in [-0.15, -0.1) is 0 Å². The fourth-order valence-electron chi connectivity index (χ4n) is 3.51. The molecule has 1 N–H and O–H groups in total. The number of ether oxygens (including phenoxy) is 2. The molecule has 1 aromatic heterocycles. The van der Waals surface area contributed by atoms with Crippen LogP contribution < -0.4 is 19.7 Å². The Morgan fingerprint density at radius 1 is 1.18 bits per heavy atom. The molecule has 34 heavy (non-hydrogen) atoms. The van der Waals surface area contributed by atoms with Gasteiger partial charge in [-0.2, -0.15) is 0 Å². The van der Waals surface area contributed by atoms with Crippen molar-refractivity contribution < 1.29 is 23.9 Å². The molecule has 9 heteroatoms. The van der Waals surface area contributed by atoms with Gasteiger partial charge < -0.3 is 14.8 Å². The minimum absolute atomic E-state index is 0.194. The van der Waals surface area contributed by atoms with Gasteiger partial charge in [0.2, 0.25) is 5.91 Å². The number of carbonyl (C=O) groups is 3. The smallest absolute Gasteiger partial charge is 0.265 e. The van der Waals surface area contributed by atoms with Crippen LogP contribution in [0.4, 0.5) is 5.69 Å². The molecule has 2 aromatic carbocycles. The predicted octanol–water partition coefficient (Wildman–Crippen LogP) is 3.43. The fourth-order valence-corrected chi connectivity index (χ4v) is 3.69. The first-order valence-corrected chi connectivity index (χ1v) is 11.0. The zero-order chi connectivity index (χ0) is 24.1. The topological polar surface area (TPSA) is 97.8 Å². The van der Waals surface area contributed by atoms with E-state index in [0.717, 1.165) is 5.56 Å². The molecule has 8 nitrogen and oxygen atoms in total. The summed E-state index contributed by atoms with van der Waals surface area (Å²) >= 11 is 5.95. The second-order valence-electron chi connectivity index (χ2n) is 7.65. The van der Waals surface area contributed by atoms with Crippen LogP contribution in [0.2, 0.25) is 5.02 Å². The number of ketones is 1. The van der Waals surface area contributed by atoms with Crippen LogP contribution in [0.5, 0.6) is 11.5 Å². The van der Waals surface area contributed by atoms with Crippen LogP contribution in [-0.4, -0.2) is 41.8 Å². The highest BCUT2D eigenvalue weighted by atomic mass is 35.5. The largest absolute Gasteiger partial charge is 0.485 e. The number of fused-ring (bicyclic) bond motifs is 1. The van der Waals surface area contributed by atoms with E-state index in [1.54, 1.807) is 73.9 Å². The molecular formula is C25H22ClN3O5. The van der Waals surface area contributed by atoms with Gasteiger partial charge in [-0.05, 0) is 61.0 Å². The summed E-state index contributed by atoms with van der Waals surface area (Å²) in [6.45, 7) is 1.53. The van der Waals surface area contributed by atoms with Gasteiger partial charge in [0, 0.05) is 29.5 Å². The van der Waals surface area contributed by atoms with E-state index in [2.05, 4.69) is 10.3 Å². The van der Waals surface area contributed by atoms with Crippen molar-refractivity contribution >= 4 is 34.9 Å². The third-order valence-electron chi connectivity index (χ3n) is 5.31. The van der Waals surface area contributed by atoms with Crippen molar-refractivity contribution in [1.29, 1.82) is 0 Å². The summed E-state index contributed by atoms with van der Waals surface area (Å²) in [5, 5.41) is 3.33. The average Bonchev–Trinajstić information content (AvgIpc) is 2.85. The van der Waals surface area contributed by atoms with E-state index < -0.39 is 6.04 Å². The van der Waals surface area contributed by atoms with E-state index in [9.17, 15) is 14.4 Å². The molecule has 0 saturated carbocycles. The summed E-state index contributed by atoms with van der Waals surface area (Å²) < 4.78 is 11.1. The number of Topliss-reactive ketones (excluding diaryl/α,β-unsaturated/α-hetero) is 1. The van der Waals surface area contributed by atoms with Gasteiger partial charge >= 0.3 is 0 Å². The average molecular weight is 480 g/mol. The Hall–Kier alpha value is -3.91. The second-order valence-corrected chi connectivity index (χ2v) is 8.09. The van der Waals surface area contributed by atoms with Crippen molar-refractivity contribution in [2.45, 2.75) is 19.5 Å². The van der Waals surface area contributed by atoms with Gasteiger partial charge in [-0.3, -0.25) is 24.3 Å². The number of aromatic nitrogens is 1. The lowest BCUT2D eigenvalue weighted by Gasteiger charge is -2.33. The summed E-state index contributed by atoms with van der Waals surface area (Å²) in [5.41, 5.74) is 1.57. The van der Waals surface area contributed by atoms with Gasteiger partial charge in [0.1, 0.15) is 17.5 Å². The number of pyridine rings is 1. The van der Waals surface area contributed by atoms with Gasteiger partial charge in [-0.25, -0.2) is 0 Å². The molecule has 2 amide bonds. The third-order valence-corrected chi connectivity index (χ3v) is 5.54. The van der Waals surface area contributed by atoms with Crippen LogP contribution in [0.1, 0.15) is 22.8 Å². The molecule has 3 aromatic rings. The molecule has 174 valence electrons. The predicted molar refractivity (Wildman–Crippen MR) is 126 cm³/mol. The first kappa shape index (κ1) is 23.3. The Labute approximate surface area is 201 Å². The molecule has 1 aliphatic heterocycles. The zero-order valence-corrected chi connectivity index (χ0v) is 19.1. The van der Waals surface area contributed by atoms with E-state index in [-0.39, 0.29) is 30.8 Å². The third kappa shape index (κ3) is 5.35. The monoisotopic (exact) mass is 479 g/mol. The number of benzene rings is 2. The van der Waals surface area contributed by atoms with E-state index >= 15 is 0 Å². The Bertz CT molecular complexity index is 1220. The first-order valence-electron chi connectivity index (χ1n) is 10.6. The van der Waals surface area contributed by atoms with Gasteiger partial charge in [0.05, 0.1) is 5.69 Å². The molecule has 0 radical (unpaired) electrons. The lowest BCUT2D eigenvalue weighted by molar-refractivity contribution is -0.127. The molecule has 0 bridgehead atoms. The molecule has 1 atom stereocenters. The van der Waals surface area contributed by atoms with Crippen LogP contribution in [0.15, 0.2) is 67.0 Å². The summed E-state index contributed by atoms with van der Waals surface area (Å²) in [6.07, 6.45) is 3.28. The number of rotatable bonds is 8. The normalized spacial score (nSPS) is 13.5. The Kier molecular flexibility index (Phi) is 7.08. The molecule has 0 fully saturated rings. The standard InChI is InChI=1S/C25H22ClN3O5/c1-16(25(32)28-13-17-7-9-27-10-8-17)29-21-11-18(5-6-23(21)34-15-24(29)31)22(30)14-33-20-4-2-3-19(26)12-20/h2-12,16H,13-15H2,1H3,(H,28,32). The summed E-state index contributed by atoms with van der Waals surface area (Å²) in [6, 6.07) is 14.3. The lowest BCUT2D eigenvalue weighted by Crippen LogP contribution is -2.51. The van der Waals surface area contributed by atoms with E-state index in [1.807, 2.05) is 0 Å². The highest BCUT2D eigenvalue weighted by Crippen LogP contribution is 2.34. The number of carbonyl (C=O) groups excluding carboxylic acids is 3. The molecule has 0 aliphatic carbocycles. The van der Waals surface area contributed by atoms with Gasteiger partial charge in [0.25, 0.3) is 5.91 Å². The quantitative estimate of drug-likeness (QED) is 0.497. The molecule has 2 heterocycles. The van der Waals surface area contributed by atoms with Crippen LogP contribution in [-0.2, 0) is 16.1 Å². The number of amides is 2. The van der Waals surface area contributed by atoms with Crippen LogP contribution in [0, 0.1) is 0 Å². The maximum atomic E-state index is 12.8. The Balaban J connectivity index is 1.49.